The van der Waals surface area contributed by atoms with Gasteiger partial charge in [-0.15, -0.1) is 0 Å². The van der Waals surface area contributed by atoms with Gasteiger partial charge >= 0.3 is 0 Å². The Morgan fingerprint density at radius 1 is 1.10 bits per heavy atom. The Morgan fingerprint density at radius 3 is 2.67 bits per heavy atom. The molecule has 2 heterocycles. The Morgan fingerprint density at radius 2 is 1.87 bits per heavy atom. The Labute approximate surface area is 177 Å². The number of hydrogen-bond acceptors (Lipinski definition) is 3. The second-order valence-corrected chi connectivity index (χ2v) is 10.3. The number of sulfonamides is 1. The van der Waals surface area contributed by atoms with Gasteiger partial charge in [0.05, 0.1) is 4.90 Å². The molecule has 1 N–H and O–H groups in total. The first-order valence-corrected chi connectivity index (χ1v) is 11.6. The zero-order chi connectivity index (χ0) is 21.5. The maximum Gasteiger partial charge on any atom is 0.240 e. The number of aromatic nitrogens is 1. The van der Waals surface area contributed by atoms with Gasteiger partial charge in [0.1, 0.15) is 0 Å². The summed E-state index contributed by atoms with van der Waals surface area (Å²) in [6, 6.07) is 15.2. The lowest BCUT2D eigenvalue weighted by molar-refractivity contribution is -0.119. The Kier molecular flexibility index (Phi) is 5.20. The highest BCUT2D eigenvalue weighted by atomic mass is 32.2. The van der Waals surface area contributed by atoms with E-state index in [0.717, 1.165) is 23.3 Å². The number of amides is 1. The van der Waals surface area contributed by atoms with Crippen molar-refractivity contribution in [3.63, 3.8) is 0 Å². The number of benzene rings is 2. The van der Waals surface area contributed by atoms with Crippen LogP contribution in [0.25, 0.3) is 10.9 Å². The van der Waals surface area contributed by atoms with Gasteiger partial charge in [-0.05, 0) is 47.7 Å². The standard InChI is InChI=1S/C23H27N3O3S/c1-23(2)16-22(27)25(3)21-10-9-18(15-19(21)23)30(28,29)24-12-6-13-26-14-11-17-7-4-5-8-20(17)26/h4-5,7-11,14-15,24H,6,12-13,16H2,1-3H3. The lowest BCUT2D eigenvalue weighted by Gasteiger charge is -2.37. The van der Waals surface area contributed by atoms with Crippen LogP contribution in [0.15, 0.2) is 59.6 Å². The van der Waals surface area contributed by atoms with Crippen LogP contribution in [0.2, 0.25) is 0 Å². The molecule has 7 heteroatoms. The largest absolute Gasteiger partial charge is 0.347 e. The van der Waals surface area contributed by atoms with Gasteiger partial charge < -0.3 is 9.47 Å². The number of nitrogens with zero attached hydrogens (tertiary/aromatic N) is 2. The molecule has 0 saturated carbocycles. The summed E-state index contributed by atoms with van der Waals surface area (Å²) >= 11 is 0. The van der Waals surface area contributed by atoms with Gasteiger partial charge in [-0.25, -0.2) is 13.1 Å². The fourth-order valence-electron chi connectivity index (χ4n) is 4.12. The average Bonchev–Trinajstić information content (AvgIpc) is 3.12. The van der Waals surface area contributed by atoms with E-state index in [0.29, 0.717) is 19.4 Å². The Bertz CT molecular complexity index is 1210. The van der Waals surface area contributed by atoms with Crippen molar-refractivity contribution in [2.45, 2.75) is 43.5 Å². The highest BCUT2D eigenvalue weighted by Crippen LogP contribution is 2.40. The minimum absolute atomic E-state index is 0.0405. The van der Waals surface area contributed by atoms with Crippen LogP contribution in [0.5, 0.6) is 0 Å². The topological polar surface area (TPSA) is 71.4 Å². The molecule has 0 spiro atoms. The van der Waals surface area contributed by atoms with Gasteiger partial charge in [0.2, 0.25) is 15.9 Å². The van der Waals surface area contributed by atoms with Gasteiger partial charge in [-0.3, -0.25) is 4.79 Å². The maximum atomic E-state index is 12.9. The zero-order valence-corrected chi connectivity index (χ0v) is 18.4. The molecule has 1 aromatic heterocycles. The highest BCUT2D eigenvalue weighted by molar-refractivity contribution is 7.89. The fourth-order valence-corrected chi connectivity index (χ4v) is 5.22. The number of hydrogen-bond donors (Lipinski definition) is 1. The Hall–Kier alpha value is -2.64. The van der Waals surface area contributed by atoms with Crippen LogP contribution in [-0.4, -0.2) is 32.5 Å². The van der Waals surface area contributed by atoms with Crippen molar-refractivity contribution >= 4 is 32.5 Å². The zero-order valence-electron chi connectivity index (χ0n) is 17.6. The summed E-state index contributed by atoms with van der Waals surface area (Å²) < 4.78 is 30.6. The summed E-state index contributed by atoms with van der Waals surface area (Å²) in [5.41, 5.74) is 2.40. The molecule has 0 radical (unpaired) electrons. The van der Waals surface area contributed by atoms with Crippen molar-refractivity contribution in [1.82, 2.24) is 9.29 Å². The molecule has 4 rings (SSSR count). The van der Waals surface area contributed by atoms with Gasteiger partial charge in [0, 0.05) is 49.4 Å². The van der Waals surface area contributed by atoms with Crippen molar-refractivity contribution < 1.29 is 13.2 Å². The van der Waals surface area contributed by atoms with Gasteiger partial charge in [-0.2, -0.15) is 0 Å². The molecule has 1 amide bonds. The molecule has 3 aromatic rings. The summed E-state index contributed by atoms with van der Waals surface area (Å²) in [6.45, 7) is 5.04. The molecule has 2 aromatic carbocycles. The van der Waals surface area contributed by atoms with E-state index in [1.165, 1.54) is 5.39 Å². The smallest absolute Gasteiger partial charge is 0.240 e. The number of anilines is 1. The van der Waals surface area contributed by atoms with Crippen LogP contribution < -0.4 is 9.62 Å². The maximum absolute atomic E-state index is 12.9. The minimum Gasteiger partial charge on any atom is -0.347 e. The van der Waals surface area contributed by atoms with Crippen LogP contribution in [0, 0.1) is 0 Å². The highest BCUT2D eigenvalue weighted by Gasteiger charge is 2.36. The van der Waals surface area contributed by atoms with E-state index in [-0.39, 0.29) is 10.8 Å². The average molecular weight is 426 g/mol. The molecule has 6 nitrogen and oxygen atoms in total. The van der Waals surface area contributed by atoms with E-state index < -0.39 is 15.4 Å². The van der Waals surface area contributed by atoms with Crippen LogP contribution in [0.4, 0.5) is 5.69 Å². The normalized spacial score (nSPS) is 16.1. The van der Waals surface area contributed by atoms with Gasteiger partial charge in [0.25, 0.3) is 0 Å². The van der Waals surface area contributed by atoms with Crippen LogP contribution in [-0.2, 0) is 26.8 Å². The molecule has 1 aliphatic heterocycles. The molecular weight excluding hydrogens is 398 g/mol. The van der Waals surface area contributed by atoms with E-state index in [2.05, 4.69) is 27.5 Å². The molecule has 0 atom stereocenters. The van der Waals surface area contributed by atoms with Gasteiger partial charge in [-0.1, -0.05) is 32.0 Å². The number of carbonyl (C=O) groups is 1. The third-order valence-corrected chi connectivity index (χ3v) is 7.34. The number of rotatable bonds is 6. The quantitative estimate of drug-likeness (QED) is 0.613. The Balaban J connectivity index is 1.46. The first-order chi connectivity index (χ1) is 14.2. The predicted octanol–water partition coefficient (Wildman–Crippen LogP) is 3.65. The summed E-state index contributed by atoms with van der Waals surface area (Å²) in [4.78, 5) is 14.0. The number of nitrogens with one attached hydrogen (secondary N) is 1. The molecule has 0 saturated heterocycles. The van der Waals surface area contributed by atoms with Crippen molar-refractivity contribution in [2.75, 3.05) is 18.5 Å². The number of aryl methyl sites for hydroxylation is 1. The monoisotopic (exact) mass is 425 g/mol. The second-order valence-electron chi connectivity index (χ2n) is 8.51. The molecule has 30 heavy (non-hydrogen) atoms. The summed E-state index contributed by atoms with van der Waals surface area (Å²) in [5, 5.41) is 1.18. The summed E-state index contributed by atoms with van der Waals surface area (Å²) in [5.74, 6) is 0.0405. The summed E-state index contributed by atoms with van der Waals surface area (Å²) in [6.07, 6.45) is 3.08. The lowest BCUT2D eigenvalue weighted by Crippen LogP contribution is -2.39. The minimum atomic E-state index is -3.62. The van der Waals surface area contributed by atoms with Crippen molar-refractivity contribution in [3.05, 3.63) is 60.3 Å². The number of carbonyl (C=O) groups excluding carboxylic acids is 1. The number of para-hydroxylation sites is 1. The first kappa shape index (κ1) is 20.6. The predicted molar refractivity (Wildman–Crippen MR) is 119 cm³/mol. The SMILES string of the molecule is CN1C(=O)CC(C)(C)c2cc(S(=O)(=O)NCCCn3ccc4ccccc43)ccc21. The van der Waals surface area contributed by atoms with Crippen LogP contribution in [0.3, 0.4) is 0 Å². The number of fused-ring (bicyclic) bond motifs is 2. The fraction of sp³-hybridized carbons (Fsp3) is 0.348. The molecule has 0 unspecified atom stereocenters. The van der Waals surface area contributed by atoms with E-state index >= 15 is 0 Å². The second kappa shape index (κ2) is 7.56. The molecule has 0 fully saturated rings. The first-order valence-electron chi connectivity index (χ1n) is 10.1. The third-order valence-electron chi connectivity index (χ3n) is 5.88. The van der Waals surface area contributed by atoms with Crippen molar-refractivity contribution in [1.29, 1.82) is 0 Å². The lowest BCUT2D eigenvalue weighted by atomic mass is 9.77. The third kappa shape index (κ3) is 3.75. The van der Waals surface area contributed by atoms with E-state index in [9.17, 15) is 13.2 Å². The van der Waals surface area contributed by atoms with E-state index in [4.69, 9.17) is 0 Å². The molecule has 1 aliphatic rings. The van der Waals surface area contributed by atoms with Crippen LogP contribution >= 0.6 is 0 Å². The van der Waals surface area contributed by atoms with Crippen molar-refractivity contribution in [3.8, 4) is 0 Å². The van der Waals surface area contributed by atoms with Crippen molar-refractivity contribution in [2.24, 2.45) is 0 Å². The molecule has 0 aliphatic carbocycles. The summed E-state index contributed by atoms with van der Waals surface area (Å²) in [7, 11) is -1.89. The van der Waals surface area contributed by atoms with Crippen LogP contribution in [0.1, 0.15) is 32.3 Å². The van der Waals surface area contributed by atoms with Gasteiger partial charge in [0.15, 0.2) is 0 Å². The van der Waals surface area contributed by atoms with E-state index in [1.807, 2.05) is 32.2 Å². The molecular formula is C23H27N3O3S. The molecule has 0 bridgehead atoms. The molecule has 158 valence electrons. The van der Waals surface area contributed by atoms with E-state index in [1.54, 1.807) is 30.1 Å².